The Labute approximate surface area is 95.8 Å². The van der Waals surface area contributed by atoms with Gasteiger partial charge in [0, 0.05) is 0 Å². The lowest BCUT2D eigenvalue weighted by Crippen LogP contribution is -2.35. The van der Waals surface area contributed by atoms with Crippen LogP contribution >= 0.6 is 0 Å². The second-order valence-corrected chi connectivity index (χ2v) is 4.55. The Morgan fingerprint density at radius 3 is 1.19 bits per heavy atom. The molecule has 98 valence electrons. The van der Waals surface area contributed by atoms with Crippen molar-refractivity contribution in [2.24, 2.45) is 0 Å². The molecule has 0 amide bonds. The molecule has 0 saturated heterocycles. The van der Waals surface area contributed by atoms with Crippen molar-refractivity contribution >= 4 is 9.53 Å². The van der Waals surface area contributed by atoms with Crippen LogP contribution in [0, 0.1) is 0 Å². The summed E-state index contributed by atoms with van der Waals surface area (Å²) in [5, 5.41) is 0. The molecule has 0 fully saturated rings. The number of halogens is 3. The molecular formula is C9H19F3O3Si. The molecule has 3 unspecified atom stereocenters. The summed E-state index contributed by atoms with van der Waals surface area (Å²) in [5.74, 6) is 0. The fraction of sp³-hybridized carbons (Fsp3) is 1.00. The first-order chi connectivity index (χ1) is 7.53. The first-order valence-electron chi connectivity index (χ1n) is 5.41. The van der Waals surface area contributed by atoms with E-state index in [1.807, 2.05) is 0 Å². The molecule has 3 atom stereocenters. The van der Waals surface area contributed by atoms with E-state index < -0.39 is 28.6 Å². The van der Waals surface area contributed by atoms with E-state index >= 15 is 0 Å². The van der Waals surface area contributed by atoms with Crippen LogP contribution in [0.3, 0.4) is 0 Å². The summed E-state index contributed by atoms with van der Waals surface area (Å²) >= 11 is 0. The molecule has 0 saturated carbocycles. The molecule has 0 N–H and O–H groups in total. The van der Waals surface area contributed by atoms with Crippen LogP contribution in [0.2, 0.25) is 0 Å². The summed E-state index contributed by atoms with van der Waals surface area (Å²) in [5.41, 5.74) is 0. The summed E-state index contributed by atoms with van der Waals surface area (Å²) in [4.78, 5) is 0. The van der Waals surface area contributed by atoms with Gasteiger partial charge in [-0.15, -0.1) is 0 Å². The van der Waals surface area contributed by atoms with Crippen molar-refractivity contribution in [2.45, 2.75) is 59.1 Å². The van der Waals surface area contributed by atoms with Gasteiger partial charge in [-0.05, 0) is 19.3 Å². The average Bonchev–Trinajstić information content (AvgIpc) is 2.28. The molecule has 0 rings (SSSR count). The van der Waals surface area contributed by atoms with Gasteiger partial charge >= 0.3 is 9.53 Å². The normalized spacial score (nSPS) is 19.1. The topological polar surface area (TPSA) is 27.7 Å². The van der Waals surface area contributed by atoms with E-state index in [1.54, 1.807) is 20.8 Å². The maximum atomic E-state index is 12.9. The van der Waals surface area contributed by atoms with Crippen molar-refractivity contribution in [3.8, 4) is 0 Å². The van der Waals surface area contributed by atoms with Gasteiger partial charge in [-0.2, -0.15) is 0 Å². The number of rotatable bonds is 9. The minimum Gasteiger partial charge on any atom is -0.344 e. The quantitative estimate of drug-likeness (QED) is 0.597. The van der Waals surface area contributed by atoms with E-state index in [9.17, 15) is 13.2 Å². The summed E-state index contributed by atoms with van der Waals surface area (Å²) in [7, 11) is -3.09. The Balaban J connectivity index is 4.15. The molecule has 0 aliphatic rings. The molecule has 3 nitrogen and oxygen atoms in total. The van der Waals surface area contributed by atoms with Crippen molar-refractivity contribution in [3.05, 3.63) is 0 Å². The van der Waals surface area contributed by atoms with Crippen LogP contribution in [-0.4, -0.2) is 28.6 Å². The van der Waals surface area contributed by atoms with Crippen molar-refractivity contribution in [3.63, 3.8) is 0 Å². The van der Waals surface area contributed by atoms with Crippen LogP contribution in [0.25, 0.3) is 0 Å². The van der Waals surface area contributed by atoms with Crippen LogP contribution < -0.4 is 0 Å². The molecule has 0 aromatic carbocycles. The molecular weight excluding hydrogens is 241 g/mol. The van der Waals surface area contributed by atoms with E-state index in [1.165, 1.54) is 0 Å². The molecule has 16 heavy (non-hydrogen) atoms. The third-order valence-corrected chi connectivity index (χ3v) is 3.29. The van der Waals surface area contributed by atoms with Crippen molar-refractivity contribution in [1.82, 2.24) is 0 Å². The third-order valence-electron chi connectivity index (χ3n) is 1.74. The van der Waals surface area contributed by atoms with E-state index in [0.29, 0.717) is 0 Å². The van der Waals surface area contributed by atoms with Gasteiger partial charge in [-0.1, -0.05) is 20.8 Å². The number of hydrogen-bond donors (Lipinski definition) is 0. The van der Waals surface area contributed by atoms with E-state index in [4.69, 9.17) is 13.3 Å². The molecule has 7 heteroatoms. The van der Waals surface area contributed by atoms with Gasteiger partial charge in [-0.3, -0.25) is 0 Å². The first-order valence-corrected chi connectivity index (χ1v) is 6.83. The Kier molecular flexibility index (Phi) is 8.91. The van der Waals surface area contributed by atoms with Crippen molar-refractivity contribution < 1.29 is 26.4 Å². The molecule has 0 bridgehead atoms. The van der Waals surface area contributed by atoms with Crippen LogP contribution in [0.5, 0.6) is 0 Å². The Hall–Kier alpha value is -0.113. The maximum absolute atomic E-state index is 12.9. The van der Waals surface area contributed by atoms with E-state index in [0.717, 1.165) is 0 Å². The fourth-order valence-electron chi connectivity index (χ4n) is 0.747. The van der Waals surface area contributed by atoms with Gasteiger partial charge in [0.1, 0.15) is 0 Å². The van der Waals surface area contributed by atoms with Crippen LogP contribution in [0.1, 0.15) is 40.0 Å². The van der Waals surface area contributed by atoms with Crippen LogP contribution in [0.15, 0.2) is 0 Å². The van der Waals surface area contributed by atoms with Crippen LogP contribution in [0.4, 0.5) is 13.2 Å². The second-order valence-electron chi connectivity index (χ2n) is 3.15. The molecule has 0 aliphatic heterocycles. The summed E-state index contributed by atoms with van der Waals surface area (Å²) < 4.78 is 52.8. The zero-order valence-corrected chi connectivity index (χ0v) is 10.9. The fourth-order valence-corrected chi connectivity index (χ4v) is 2.24. The highest BCUT2D eigenvalue weighted by atomic mass is 28.3. The predicted molar refractivity (Wildman–Crippen MR) is 56.0 cm³/mol. The Morgan fingerprint density at radius 2 is 1.00 bits per heavy atom. The summed E-state index contributed by atoms with van der Waals surface area (Å²) in [6.45, 7) is 4.65. The lowest BCUT2D eigenvalue weighted by atomic mass is 10.5. The lowest BCUT2D eigenvalue weighted by Gasteiger charge is -2.21. The smallest absolute Gasteiger partial charge is 0.344 e. The van der Waals surface area contributed by atoms with Crippen molar-refractivity contribution in [2.75, 3.05) is 0 Å². The molecule has 0 aliphatic carbocycles. The van der Waals surface area contributed by atoms with Gasteiger partial charge in [0.05, 0.1) is 0 Å². The first kappa shape index (κ1) is 15.9. The predicted octanol–water partition coefficient (Wildman–Crippen LogP) is 2.87. The van der Waals surface area contributed by atoms with Gasteiger partial charge in [-0.25, -0.2) is 13.2 Å². The third kappa shape index (κ3) is 7.21. The molecule has 0 radical (unpaired) electrons. The average molecular weight is 260 g/mol. The van der Waals surface area contributed by atoms with E-state index in [-0.39, 0.29) is 19.3 Å². The van der Waals surface area contributed by atoms with Crippen LogP contribution in [-0.2, 0) is 13.3 Å². The molecule has 0 aromatic heterocycles. The van der Waals surface area contributed by atoms with E-state index in [2.05, 4.69) is 0 Å². The van der Waals surface area contributed by atoms with Gasteiger partial charge in [0.15, 0.2) is 19.1 Å². The van der Waals surface area contributed by atoms with Gasteiger partial charge in [0.2, 0.25) is 0 Å². The second kappa shape index (κ2) is 8.97. The van der Waals surface area contributed by atoms with Gasteiger partial charge in [0.25, 0.3) is 0 Å². The van der Waals surface area contributed by atoms with Gasteiger partial charge < -0.3 is 13.3 Å². The molecule has 0 heterocycles. The minimum absolute atomic E-state index is 0.0857. The lowest BCUT2D eigenvalue weighted by molar-refractivity contribution is -0.0830. The zero-order chi connectivity index (χ0) is 12.6. The highest BCUT2D eigenvalue weighted by molar-refractivity contribution is 6.36. The monoisotopic (exact) mass is 260 g/mol. The largest absolute Gasteiger partial charge is 0.490 e. The molecule has 0 aromatic rings. The standard InChI is InChI=1S/C9H19F3O3Si/c1-4-7(10)13-16(14-8(11)5-2)15-9(12)6-3/h7-9,16H,4-6H2,1-3H3. The van der Waals surface area contributed by atoms with Crippen molar-refractivity contribution in [1.29, 1.82) is 0 Å². The summed E-state index contributed by atoms with van der Waals surface area (Å²) in [6, 6.07) is 0. The number of alkyl halides is 3. The number of hydrogen-bond acceptors (Lipinski definition) is 3. The maximum Gasteiger partial charge on any atom is 0.490 e. The SMILES string of the molecule is CCC(F)O[SiH](OC(F)CC)OC(F)CC. The zero-order valence-electron chi connectivity index (χ0n) is 9.79. The highest BCUT2D eigenvalue weighted by Gasteiger charge is 2.26. The summed E-state index contributed by atoms with van der Waals surface area (Å²) in [6.07, 6.45) is -4.56. The Bertz CT molecular complexity index is 148. The minimum atomic E-state index is -3.09. The molecule has 0 spiro atoms. The highest BCUT2D eigenvalue weighted by Crippen LogP contribution is 2.12. The Morgan fingerprint density at radius 1 is 0.750 bits per heavy atom.